The molecule has 1 fully saturated rings. The quantitative estimate of drug-likeness (QED) is 0.521. The number of rotatable bonds is 12. The monoisotopic (exact) mass is 430 g/mol. The van der Waals surface area contributed by atoms with Crippen molar-refractivity contribution in [3.8, 4) is 0 Å². The molecule has 1 atom stereocenters. The predicted octanol–water partition coefficient (Wildman–Crippen LogP) is 4.08. The first-order valence-electron chi connectivity index (χ1n) is 12.1. The van der Waals surface area contributed by atoms with E-state index in [1.165, 1.54) is 36.2 Å². The minimum Gasteiger partial charge on any atom is -0.480 e. The number of hydrogen-bond donors (Lipinski definition) is 2. The largest absolute Gasteiger partial charge is 0.480 e. The number of carbonyl (C=O) groups excluding carboxylic acids is 1. The van der Waals surface area contributed by atoms with E-state index in [0.717, 1.165) is 44.9 Å². The van der Waals surface area contributed by atoms with E-state index in [0.29, 0.717) is 18.9 Å². The van der Waals surface area contributed by atoms with Crippen LogP contribution in [0.25, 0.3) is 0 Å². The van der Waals surface area contributed by atoms with Crippen LogP contribution in [0.15, 0.2) is 12.1 Å². The van der Waals surface area contributed by atoms with Gasteiger partial charge in [-0.2, -0.15) is 0 Å². The summed E-state index contributed by atoms with van der Waals surface area (Å²) in [6.45, 7) is 4.26. The third-order valence-corrected chi connectivity index (χ3v) is 6.97. The van der Waals surface area contributed by atoms with Crippen molar-refractivity contribution in [3.05, 3.63) is 29.1 Å². The molecule has 0 aliphatic heterocycles. The van der Waals surface area contributed by atoms with Crippen LogP contribution in [-0.4, -0.2) is 40.7 Å². The van der Waals surface area contributed by atoms with Gasteiger partial charge < -0.3 is 15.2 Å². The molecule has 6 nitrogen and oxygen atoms in total. The SMILES string of the molecule is CCC(CC)C(=O)NC(CCOC1CC(CCc2ccc3c(n2)CCCC3)C1)C(=O)O. The van der Waals surface area contributed by atoms with Gasteiger partial charge in [0.15, 0.2) is 0 Å². The molecule has 1 aromatic heterocycles. The van der Waals surface area contributed by atoms with E-state index in [-0.39, 0.29) is 17.9 Å². The fourth-order valence-corrected chi connectivity index (χ4v) is 4.72. The first-order valence-corrected chi connectivity index (χ1v) is 12.1. The zero-order valence-corrected chi connectivity index (χ0v) is 19.1. The first-order chi connectivity index (χ1) is 15.0. The van der Waals surface area contributed by atoms with Crippen LogP contribution in [0.3, 0.4) is 0 Å². The van der Waals surface area contributed by atoms with E-state index in [4.69, 9.17) is 9.72 Å². The number of nitrogens with one attached hydrogen (secondary N) is 1. The van der Waals surface area contributed by atoms with Crippen LogP contribution in [0, 0.1) is 11.8 Å². The minimum absolute atomic E-state index is 0.125. The smallest absolute Gasteiger partial charge is 0.326 e. The van der Waals surface area contributed by atoms with Gasteiger partial charge in [0.1, 0.15) is 6.04 Å². The van der Waals surface area contributed by atoms with Crippen LogP contribution < -0.4 is 5.32 Å². The molecule has 1 aromatic rings. The molecule has 1 heterocycles. The van der Waals surface area contributed by atoms with Gasteiger partial charge in [0.25, 0.3) is 0 Å². The molecule has 1 amide bonds. The Kier molecular flexibility index (Phi) is 8.88. The van der Waals surface area contributed by atoms with Crippen molar-refractivity contribution in [3.63, 3.8) is 0 Å². The Morgan fingerprint density at radius 1 is 1.19 bits per heavy atom. The third kappa shape index (κ3) is 6.76. The Labute approximate surface area is 186 Å². The fraction of sp³-hybridized carbons (Fsp3) is 0.720. The Hall–Kier alpha value is -1.95. The summed E-state index contributed by atoms with van der Waals surface area (Å²) in [5.41, 5.74) is 3.95. The second kappa shape index (κ2) is 11.6. The van der Waals surface area contributed by atoms with E-state index in [1.807, 2.05) is 13.8 Å². The number of amides is 1. The second-order valence-corrected chi connectivity index (χ2v) is 9.19. The number of carboxylic acid groups (broad SMARTS) is 1. The number of aromatic nitrogens is 1. The summed E-state index contributed by atoms with van der Waals surface area (Å²) < 4.78 is 5.88. The molecule has 0 aromatic carbocycles. The molecular weight excluding hydrogens is 392 g/mol. The zero-order valence-electron chi connectivity index (χ0n) is 19.1. The van der Waals surface area contributed by atoms with Crippen LogP contribution in [0.1, 0.15) is 82.2 Å². The normalized spacial score (nSPS) is 21.3. The van der Waals surface area contributed by atoms with Crippen LogP contribution in [0.4, 0.5) is 0 Å². The van der Waals surface area contributed by atoms with Gasteiger partial charge in [-0.15, -0.1) is 0 Å². The highest BCUT2D eigenvalue weighted by Gasteiger charge is 2.30. The molecule has 3 rings (SSSR count). The standard InChI is InChI=1S/C25H38N2O4/c1-3-18(4-2)24(28)27-23(25(29)30)13-14-31-21-15-17(16-21)9-11-20-12-10-19-7-5-6-8-22(19)26-20/h10,12,17-18,21,23H,3-9,11,13-16H2,1-2H3,(H,27,28)(H,29,30). The number of aliphatic carboxylic acids is 1. The molecule has 31 heavy (non-hydrogen) atoms. The number of hydrogen-bond acceptors (Lipinski definition) is 4. The summed E-state index contributed by atoms with van der Waals surface area (Å²) in [7, 11) is 0. The van der Waals surface area contributed by atoms with Gasteiger partial charge in [-0.25, -0.2) is 4.79 Å². The van der Waals surface area contributed by atoms with Crippen molar-refractivity contribution >= 4 is 11.9 Å². The maximum absolute atomic E-state index is 12.2. The minimum atomic E-state index is -0.994. The Morgan fingerprint density at radius 3 is 2.65 bits per heavy atom. The number of aryl methyl sites for hydroxylation is 3. The van der Waals surface area contributed by atoms with Crippen molar-refractivity contribution in [2.45, 2.75) is 96.6 Å². The summed E-state index contributed by atoms with van der Waals surface area (Å²) in [6.07, 6.45) is 11.0. The third-order valence-electron chi connectivity index (χ3n) is 6.97. The lowest BCUT2D eigenvalue weighted by Gasteiger charge is -2.35. The van der Waals surface area contributed by atoms with Gasteiger partial charge in [0.2, 0.25) is 5.91 Å². The molecule has 0 radical (unpaired) electrons. The molecule has 1 saturated carbocycles. The number of fused-ring (bicyclic) bond motifs is 1. The van der Waals surface area contributed by atoms with Crippen LogP contribution in [0.5, 0.6) is 0 Å². The highest BCUT2D eigenvalue weighted by Crippen LogP contribution is 2.34. The van der Waals surface area contributed by atoms with Crippen LogP contribution in [0.2, 0.25) is 0 Å². The van der Waals surface area contributed by atoms with E-state index >= 15 is 0 Å². The number of carboxylic acids is 1. The van der Waals surface area contributed by atoms with Crippen molar-refractivity contribution in [2.24, 2.45) is 11.8 Å². The molecular formula is C25H38N2O4. The van der Waals surface area contributed by atoms with Crippen LogP contribution in [-0.2, 0) is 33.6 Å². The number of ether oxygens (including phenoxy) is 1. The molecule has 172 valence electrons. The van der Waals surface area contributed by atoms with Gasteiger partial charge >= 0.3 is 5.97 Å². The molecule has 0 bridgehead atoms. The van der Waals surface area contributed by atoms with Gasteiger partial charge in [-0.1, -0.05) is 19.9 Å². The molecule has 0 saturated heterocycles. The molecule has 2 aliphatic rings. The summed E-state index contributed by atoms with van der Waals surface area (Å²) in [4.78, 5) is 28.5. The second-order valence-electron chi connectivity index (χ2n) is 9.19. The van der Waals surface area contributed by atoms with Gasteiger partial charge in [0.05, 0.1) is 6.10 Å². The Balaban J connectivity index is 1.32. The molecule has 2 aliphatic carbocycles. The zero-order chi connectivity index (χ0) is 22.2. The molecule has 1 unspecified atom stereocenters. The highest BCUT2D eigenvalue weighted by molar-refractivity contribution is 5.84. The van der Waals surface area contributed by atoms with Crippen molar-refractivity contribution in [1.82, 2.24) is 10.3 Å². The average molecular weight is 431 g/mol. The Morgan fingerprint density at radius 2 is 1.94 bits per heavy atom. The summed E-state index contributed by atoms with van der Waals surface area (Å²) in [5, 5.41) is 12.1. The number of carbonyl (C=O) groups is 2. The molecule has 0 spiro atoms. The number of nitrogens with zero attached hydrogens (tertiary/aromatic N) is 1. The van der Waals surface area contributed by atoms with Crippen molar-refractivity contribution < 1.29 is 19.4 Å². The van der Waals surface area contributed by atoms with Crippen molar-refractivity contribution in [1.29, 1.82) is 0 Å². The first kappa shape index (κ1) is 23.7. The van der Waals surface area contributed by atoms with Crippen LogP contribution >= 0.6 is 0 Å². The summed E-state index contributed by atoms with van der Waals surface area (Å²) in [6, 6.07) is 3.59. The lowest BCUT2D eigenvalue weighted by atomic mass is 9.79. The summed E-state index contributed by atoms with van der Waals surface area (Å²) in [5.74, 6) is -0.628. The maximum Gasteiger partial charge on any atom is 0.326 e. The Bertz CT molecular complexity index is 741. The highest BCUT2D eigenvalue weighted by atomic mass is 16.5. The van der Waals surface area contributed by atoms with Gasteiger partial charge in [0, 0.05) is 30.3 Å². The summed E-state index contributed by atoms with van der Waals surface area (Å²) >= 11 is 0. The fourth-order valence-electron chi connectivity index (χ4n) is 4.72. The molecule has 6 heteroatoms. The lowest BCUT2D eigenvalue weighted by Crippen LogP contribution is -2.44. The topological polar surface area (TPSA) is 88.5 Å². The molecule has 2 N–H and O–H groups in total. The maximum atomic E-state index is 12.2. The number of pyridine rings is 1. The van der Waals surface area contributed by atoms with Gasteiger partial charge in [-0.3, -0.25) is 9.78 Å². The van der Waals surface area contributed by atoms with E-state index in [1.54, 1.807) is 0 Å². The average Bonchev–Trinajstić information content (AvgIpc) is 2.74. The van der Waals surface area contributed by atoms with E-state index in [9.17, 15) is 14.7 Å². The van der Waals surface area contributed by atoms with E-state index in [2.05, 4.69) is 17.4 Å². The van der Waals surface area contributed by atoms with Crippen molar-refractivity contribution in [2.75, 3.05) is 6.61 Å². The lowest BCUT2D eigenvalue weighted by molar-refractivity contribution is -0.143. The van der Waals surface area contributed by atoms with Gasteiger partial charge in [-0.05, 0) is 81.8 Å². The van der Waals surface area contributed by atoms with E-state index < -0.39 is 12.0 Å². The predicted molar refractivity (Wildman–Crippen MR) is 120 cm³/mol.